The number of nitrogens with zero attached hydrogens (tertiary/aromatic N) is 3. The lowest BCUT2D eigenvalue weighted by Gasteiger charge is -2.36. The van der Waals surface area contributed by atoms with Crippen LogP contribution in [0.2, 0.25) is 0 Å². The maximum atomic E-state index is 5.80. The third kappa shape index (κ3) is 2.41. The van der Waals surface area contributed by atoms with E-state index in [0.29, 0.717) is 18.5 Å². The van der Waals surface area contributed by atoms with Crippen LogP contribution in [-0.2, 0) is 6.54 Å². The predicted molar refractivity (Wildman–Crippen MR) is 70.1 cm³/mol. The Bertz CT molecular complexity index is 385. The first-order valence-corrected chi connectivity index (χ1v) is 6.42. The number of aromatic nitrogens is 2. The van der Waals surface area contributed by atoms with E-state index in [2.05, 4.69) is 35.8 Å². The van der Waals surface area contributed by atoms with Crippen molar-refractivity contribution in [3.8, 4) is 0 Å². The fraction of sp³-hybridized carbons (Fsp3) is 0.692. The Morgan fingerprint density at radius 1 is 1.47 bits per heavy atom. The fourth-order valence-corrected chi connectivity index (χ4v) is 2.12. The molecule has 4 nitrogen and oxygen atoms in total. The van der Waals surface area contributed by atoms with E-state index in [1.54, 1.807) is 0 Å². The second-order valence-corrected chi connectivity index (χ2v) is 5.11. The van der Waals surface area contributed by atoms with Gasteiger partial charge in [-0.3, -0.25) is 0 Å². The molecule has 0 aromatic carbocycles. The molecule has 0 spiro atoms. The molecule has 1 heterocycles. The monoisotopic (exact) mass is 234 g/mol. The predicted octanol–water partition coefficient (Wildman–Crippen LogP) is 2.05. The summed E-state index contributed by atoms with van der Waals surface area (Å²) in [5.41, 5.74) is 7.87. The van der Waals surface area contributed by atoms with Crippen LogP contribution in [-0.4, -0.2) is 23.1 Å². The van der Waals surface area contributed by atoms with Gasteiger partial charge in [0, 0.05) is 25.6 Å². The van der Waals surface area contributed by atoms with Gasteiger partial charge in [0.15, 0.2) is 0 Å². The standard InChI is InChI=1S/C13H22N4/c1-9(2)13-15-8-12(11(7-14)16-13)17(3)10-5-4-6-10/h8-10H,4-7,14H2,1-3H3. The normalized spacial score (nSPS) is 16.1. The zero-order chi connectivity index (χ0) is 12.4. The third-order valence-electron chi connectivity index (χ3n) is 3.58. The first kappa shape index (κ1) is 12.3. The molecule has 1 aliphatic rings. The fourth-order valence-electron chi connectivity index (χ4n) is 2.12. The van der Waals surface area contributed by atoms with E-state index in [-0.39, 0.29) is 0 Å². The Morgan fingerprint density at radius 2 is 2.18 bits per heavy atom. The lowest BCUT2D eigenvalue weighted by molar-refractivity contribution is 0.400. The van der Waals surface area contributed by atoms with E-state index in [0.717, 1.165) is 17.2 Å². The summed E-state index contributed by atoms with van der Waals surface area (Å²) in [6.07, 6.45) is 5.81. The van der Waals surface area contributed by atoms with E-state index in [1.807, 2.05) is 6.20 Å². The first-order valence-electron chi connectivity index (χ1n) is 6.42. The van der Waals surface area contributed by atoms with Gasteiger partial charge in [0.25, 0.3) is 0 Å². The van der Waals surface area contributed by atoms with Gasteiger partial charge in [0.1, 0.15) is 5.82 Å². The van der Waals surface area contributed by atoms with Crippen molar-refractivity contribution in [2.75, 3.05) is 11.9 Å². The van der Waals surface area contributed by atoms with Crippen LogP contribution in [0.15, 0.2) is 6.20 Å². The van der Waals surface area contributed by atoms with Crippen LogP contribution in [0.25, 0.3) is 0 Å². The van der Waals surface area contributed by atoms with Crippen molar-refractivity contribution >= 4 is 5.69 Å². The second kappa shape index (κ2) is 5.00. The summed E-state index contributed by atoms with van der Waals surface area (Å²) in [5, 5.41) is 0. The third-order valence-corrected chi connectivity index (χ3v) is 3.58. The lowest BCUT2D eigenvalue weighted by atomic mass is 9.91. The van der Waals surface area contributed by atoms with Gasteiger partial charge in [-0.05, 0) is 19.3 Å². The number of hydrogen-bond donors (Lipinski definition) is 1. The summed E-state index contributed by atoms with van der Waals surface area (Å²) >= 11 is 0. The van der Waals surface area contributed by atoms with Gasteiger partial charge in [0.2, 0.25) is 0 Å². The molecule has 0 aliphatic heterocycles. The largest absolute Gasteiger partial charge is 0.369 e. The van der Waals surface area contributed by atoms with Crippen molar-refractivity contribution < 1.29 is 0 Å². The van der Waals surface area contributed by atoms with Gasteiger partial charge in [0.05, 0.1) is 17.6 Å². The van der Waals surface area contributed by atoms with Crippen LogP contribution in [0.5, 0.6) is 0 Å². The number of hydrogen-bond acceptors (Lipinski definition) is 4. The summed E-state index contributed by atoms with van der Waals surface area (Å²) in [6, 6.07) is 0.647. The van der Waals surface area contributed by atoms with Crippen LogP contribution < -0.4 is 10.6 Å². The van der Waals surface area contributed by atoms with Crippen molar-refractivity contribution in [2.45, 2.75) is 51.6 Å². The topological polar surface area (TPSA) is 55.0 Å². The van der Waals surface area contributed by atoms with E-state index in [1.165, 1.54) is 19.3 Å². The highest BCUT2D eigenvalue weighted by atomic mass is 15.2. The van der Waals surface area contributed by atoms with E-state index < -0.39 is 0 Å². The summed E-state index contributed by atoms with van der Waals surface area (Å²) in [7, 11) is 2.12. The molecule has 1 aliphatic carbocycles. The highest BCUT2D eigenvalue weighted by molar-refractivity contribution is 5.49. The zero-order valence-electron chi connectivity index (χ0n) is 11.0. The van der Waals surface area contributed by atoms with E-state index in [9.17, 15) is 0 Å². The SMILES string of the molecule is CC(C)c1ncc(N(C)C2CCC2)c(CN)n1. The Balaban J connectivity index is 2.26. The Morgan fingerprint density at radius 3 is 2.65 bits per heavy atom. The highest BCUT2D eigenvalue weighted by Crippen LogP contribution is 2.29. The molecule has 0 bridgehead atoms. The minimum absolute atomic E-state index is 0.350. The van der Waals surface area contributed by atoms with Gasteiger partial charge in [-0.25, -0.2) is 9.97 Å². The van der Waals surface area contributed by atoms with Crippen molar-refractivity contribution in [3.05, 3.63) is 17.7 Å². The molecule has 4 heteroatoms. The van der Waals surface area contributed by atoms with Crippen molar-refractivity contribution in [1.82, 2.24) is 9.97 Å². The lowest BCUT2D eigenvalue weighted by Crippen LogP contribution is -2.38. The van der Waals surface area contributed by atoms with Crippen LogP contribution >= 0.6 is 0 Å². The molecule has 0 unspecified atom stereocenters. The van der Waals surface area contributed by atoms with Crippen LogP contribution in [0.3, 0.4) is 0 Å². The Hall–Kier alpha value is -1.16. The highest BCUT2D eigenvalue weighted by Gasteiger charge is 2.24. The quantitative estimate of drug-likeness (QED) is 0.866. The van der Waals surface area contributed by atoms with Gasteiger partial charge < -0.3 is 10.6 Å². The second-order valence-electron chi connectivity index (χ2n) is 5.11. The molecule has 1 saturated carbocycles. The minimum Gasteiger partial charge on any atom is -0.369 e. The molecule has 0 atom stereocenters. The maximum absolute atomic E-state index is 5.80. The molecule has 2 N–H and O–H groups in total. The average molecular weight is 234 g/mol. The molecule has 1 aromatic rings. The molecule has 1 fully saturated rings. The molecule has 0 amide bonds. The first-order chi connectivity index (χ1) is 8.13. The Labute approximate surface area is 103 Å². The van der Waals surface area contributed by atoms with Gasteiger partial charge in [-0.2, -0.15) is 0 Å². The smallest absolute Gasteiger partial charge is 0.131 e. The van der Waals surface area contributed by atoms with Gasteiger partial charge in [-0.15, -0.1) is 0 Å². The molecule has 2 rings (SSSR count). The molecule has 0 saturated heterocycles. The Kier molecular flexibility index (Phi) is 3.62. The number of rotatable bonds is 4. The molecule has 94 valence electrons. The van der Waals surface area contributed by atoms with Gasteiger partial charge >= 0.3 is 0 Å². The van der Waals surface area contributed by atoms with Crippen molar-refractivity contribution in [1.29, 1.82) is 0 Å². The summed E-state index contributed by atoms with van der Waals surface area (Å²) in [5.74, 6) is 1.24. The van der Waals surface area contributed by atoms with E-state index >= 15 is 0 Å². The summed E-state index contributed by atoms with van der Waals surface area (Å²) < 4.78 is 0. The number of anilines is 1. The minimum atomic E-state index is 0.350. The average Bonchev–Trinajstić information content (AvgIpc) is 2.25. The molecule has 17 heavy (non-hydrogen) atoms. The molecule has 1 aromatic heterocycles. The van der Waals surface area contributed by atoms with Crippen molar-refractivity contribution in [3.63, 3.8) is 0 Å². The molecular formula is C13H22N4. The van der Waals surface area contributed by atoms with Crippen LogP contribution in [0, 0.1) is 0 Å². The summed E-state index contributed by atoms with van der Waals surface area (Å²) in [6.45, 7) is 4.69. The zero-order valence-corrected chi connectivity index (χ0v) is 11.0. The van der Waals surface area contributed by atoms with E-state index in [4.69, 9.17) is 5.73 Å². The maximum Gasteiger partial charge on any atom is 0.131 e. The summed E-state index contributed by atoms with van der Waals surface area (Å²) in [4.78, 5) is 11.3. The van der Waals surface area contributed by atoms with Crippen LogP contribution in [0.4, 0.5) is 5.69 Å². The van der Waals surface area contributed by atoms with Crippen molar-refractivity contribution in [2.24, 2.45) is 5.73 Å². The molecular weight excluding hydrogens is 212 g/mol. The molecule has 0 radical (unpaired) electrons. The van der Waals surface area contributed by atoms with Crippen LogP contribution in [0.1, 0.15) is 50.5 Å². The van der Waals surface area contributed by atoms with Gasteiger partial charge in [-0.1, -0.05) is 13.8 Å². The number of nitrogens with two attached hydrogens (primary N) is 1.